The van der Waals surface area contributed by atoms with Crippen molar-refractivity contribution in [2.24, 2.45) is 4.99 Å². The lowest BCUT2D eigenvalue weighted by molar-refractivity contribution is 0.939. The SMILES string of the molecule is C=CCNC1=NCCC1. The van der Waals surface area contributed by atoms with E-state index in [-0.39, 0.29) is 0 Å². The second kappa shape index (κ2) is 3.28. The molecule has 1 rings (SSSR count). The zero-order valence-corrected chi connectivity index (χ0v) is 5.56. The molecular weight excluding hydrogens is 112 g/mol. The summed E-state index contributed by atoms with van der Waals surface area (Å²) in [5.74, 6) is 1.15. The molecule has 50 valence electrons. The molecule has 1 heterocycles. The molecule has 1 aliphatic heterocycles. The second-order valence-corrected chi connectivity index (χ2v) is 2.10. The number of aliphatic imine (C=N–C) groups is 1. The molecule has 1 N–H and O–H groups in total. The summed E-state index contributed by atoms with van der Waals surface area (Å²) in [5, 5.41) is 3.16. The molecule has 0 unspecified atom stereocenters. The number of hydrogen-bond acceptors (Lipinski definition) is 2. The van der Waals surface area contributed by atoms with E-state index in [1.54, 1.807) is 0 Å². The molecule has 0 radical (unpaired) electrons. The van der Waals surface area contributed by atoms with Gasteiger partial charge in [-0.2, -0.15) is 0 Å². The maximum Gasteiger partial charge on any atom is 0.0966 e. The van der Waals surface area contributed by atoms with E-state index >= 15 is 0 Å². The van der Waals surface area contributed by atoms with Gasteiger partial charge in [-0.3, -0.25) is 4.99 Å². The van der Waals surface area contributed by atoms with Crippen molar-refractivity contribution in [3.63, 3.8) is 0 Å². The number of rotatable bonds is 2. The predicted molar refractivity (Wildman–Crippen MR) is 39.7 cm³/mol. The first-order valence-corrected chi connectivity index (χ1v) is 3.31. The van der Waals surface area contributed by atoms with Crippen LogP contribution >= 0.6 is 0 Å². The largest absolute Gasteiger partial charge is 0.370 e. The maximum atomic E-state index is 4.23. The molecule has 0 aromatic rings. The first-order chi connectivity index (χ1) is 4.43. The van der Waals surface area contributed by atoms with Crippen molar-refractivity contribution in [3.05, 3.63) is 12.7 Å². The fourth-order valence-electron chi connectivity index (χ4n) is 0.874. The molecule has 0 aliphatic carbocycles. The molecule has 2 nitrogen and oxygen atoms in total. The highest BCUT2D eigenvalue weighted by Crippen LogP contribution is 1.99. The van der Waals surface area contributed by atoms with Gasteiger partial charge < -0.3 is 5.32 Å². The summed E-state index contributed by atoms with van der Waals surface area (Å²) >= 11 is 0. The minimum atomic E-state index is 0.846. The van der Waals surface area contributed by atoms with Crippen molar-refractivity contribution in [2.75, 3.05) is 13.1 Å². The molecule has 0 fully saturated rings. The molecule has 0 spiro atoms. The van der Waals surface area contributed by atoms with E-state index < -0.39 is 0 Å². The monoisotopic (exact) mass is 124 g/mol. The van der Waals surface area contributed by atoms with Gasteiger partial charge in [0.15, 0.2) is 0 Å². The number of nitrogens with zero attached hydrogens (tertiary/aromatic N) is 1. The Morgan fingerprint density at radius 2 is 2.67 bits per heavy atom. The van der Waals surface area contributed by atoms with Gasteiger partial charge in [0.1, 0.15) is 0 Å². The Hall–Kier alpha value is -0.790. The molecule has 0 aromatic carbocycles. The average Bonchev–Trinajstić information content (AvgIpc) is 2.34. The first kappa shape index (κ1) is 6.33. The molecule has 0 aromatic heterocycles. The third kappa shape index (κ3) is 1.88. The summed E-state index contributed by atoms with van der Waals surface area (Å²) < 4.78 is 0. The van der Waals surface area contributed by atoms with Crippen LogP contribution in [0.3, 0.4) is 0 Å². The van der Waals surface area contributed by atoms with Crippen molar-refractivity contribution in [1.29, 1.82) is 0 Å². The Morgan fingerprint density at radius 1 is 1.78 bits per heavy atom. The molecular formula is C7H12N2. The van der Waals surface area contributed by atoms with Crippen molar-refractivity contribution < 1.29 is 0 Å². The lowest BCUT2D eigenvalue weighted by Gasteiger charge is -1.98. The average molecular weight is 124 g/mol. The molecule has 0 saturated carbocycles. The lowest BCUT2D eigenvalue weighted by atomic mass is 10.3. The lowest BCUT2D eigenvalue weighted by Crippen LogP contribution is -2.20. The molecule has 9 heavy (non-hydrogen) atoms. The number of amidine groups is 1. The van der Waals surface area contributed by atoms with Crippen LogP contribution in [0.4, 0.5) is 0 Å². The van der Waals surface area contributed by atoms with E-state index in [0.29, 0.717) is 0 Å². The van der Waals surface area contributed by atoms with Crippen LogP contribution in [0.2, 0.25) is 0 Å². The zero-order valence-electron chi connectivity index (χ0n) is 5.56. The van der Waals surface area contributed by atoms with Gasteiger partial charge in [0, 0.05) is 19.5 Å². The normalized spacial score (nSPS) is 17.1. The van der Waals surface area contributed by atoms with Crippen LogP contribution in [0.25, 0.3) is 0 Å². The van der Waals surface area contributed by atoms with Crippen LogP contribution in [-0.2, 0) is 0 Å². The summed E-state index contributed by atoms with van der Waals surface area (Å²) in [5.41, 5.74) is 0. The molecule has 0 amide bonds. The fraction of sp³-hybridized carbons (Fsp3) is 0.571. The molecule has 0 saturated heterocycles. The maximum absolute atomic E-state index is 4.23. The number of hydrogen-bond donors (Lipinski definition) is 1. The summed E-state index contributed by atoms with van der Waals surface area (Å²) in [6.07, 6.45) is 4.17. The van der Waals surface area contributed by atoms with Gasteiger partial charge in [-0.25, -0.2) is 0 Å². The van der Waals surface area contributed by atoms with Gasteiger partial charge in [0.2, 0.25) is 0 Å². The first-order valence-electron chi connectivity index (χ1n) is 3.31. The van der Waals surface area contributed by atoms with Crippen LogP contribution in [0, 0.1) is 0 Å². The van der Waals surface area contributed by atoms with Gasteiger partial charge >= 0.3 is 0 Å². The van der Waals surface area contributed by atoms with Gasteiger partial charge in [-0.15, -0.1) is 6.58 Å². The fourth-order valence-corrected chi connectivity index (χ4v) is 0.874. The Kier molecular flexibility index (Phi) is 2.31. The Labute approximate surface area is 55.7 Å². The summed E-state index contributed by atoms with van der Waals surface area (Å²) in [6.45, 7) is 5.45. The minimum absolute atomic E-state index is 0.846. The van der Waals surface area contributed by atoms with E-state index in [1.807, 2.05) is 6.08 Å². The van der Waals surface area contributed by atoms with E-state index in [1.165, 1.54) is 6.42 Å². The Morgan fingerprint density at radius 3 is 3.22 bits per heavy atom. The zero-order chi connectivity index (χ0) is 6.53. The Bertz CT molecular complexity index is 127. The third-order valence-electron chi connectivity index (χ3n) is 1.32. The third-order valence-corrected chi connectivity index (χ3v) is 1.32. The molecule has 2 heteroatoms. The quantitative estimate of drug-likeness (QED) is 0.545. The van der Waals surface area contributed by atoms with Crippen molar-refractivity contribution in [1.82, 2.24) is 5.32 Å². The van der Waals surface area contributed by atoms with Crippen LogP contribution in [0.15, 0.2) is 17.6 Å². The van der Waals surface area contributed by atoms with E-state index in [4.69, 9.17) is 0 Å². The molecule has 0 bridgehead atoms. The second-order valence-electron chi connectivity index (χ2n) is 2.10. The van der Waals surface area contributed by atoms with Crippen LogP contribution < -0.4 is 5.32 Å². The Balaban J connectivity index is 2.18. The molecule has 0 atom stereocenters. The van der Waals surface area contributed by atoms with E-state index in [9.17, 15) is 0 Å². The van der Waals surface area contributed by atoms with E-state index in [0.717, 1.165) is 25.3 Å². The smallest absolute Gasteiger partial charge is 0.0966 e. The predicted octanol–water partition coefficient (Wildman–Crippen LogP) is 0.954. The van der Waals surface area contributed by atoms with Crippen molar-refractivity contribution >= 4 is 5.84 Å². The van der Waals surface area contributed by atoms with Crippen molar-refractivity contribution in [3.8, 4) is 0 Å². The van der Waals surface area contributed by atoms with Gasteiger partial charge in [-0.1, -0.05) is 6.08 Å². The molecule has 1 aliphatic rings. The van der Waals surface area contributed by atoms with Crippen molar-refractivity contribution in [2.45, 2.75) is 12.8 Å². The standard InChI is InChI=1S/C7H12N2/c1-2-5-8-7-4-3-6-9-7/h2H,1,3-6H2,(H,8,9). The summed E-state index contributed by atoms with van der Waals surface area (Å²) in [6, 6.07) is 0. The van der Waals surface area contributed by atoms with Crippen LogP contribution in [0.1, 0.15) is 12.8 Å². The summed E-state index contributed by atoms with van der Waals surface area (Å²) in [4.78, 5) is 4.23. The van der Waals surface area contributed by atoms with Gasteiger partial charge in [-0.05, 0) is 6.42 Å². The number of nitrogens with one attached hydrogen (secondary N) is 1. The highest BCUT2D eigenvalue weighted by atomic mass is 15.0. The topological polar surface area (TPSA) is 24.4 Å². The van der Waals surface area contributed by atoms with E-state index in [2.05, 4.69) is 16.9 Å². The van der Waals surface area contributed by atoms with Gasteiger partial charge in [0.05, 0.1) is 5.84 Å². The van der Waals surface area contributed by atoms with Crippen LogP contribution in [-0.4, -0.2) is 18.9 Å². The van der Waals surface area contributed by atoms with Crippen LogP contribution in [0.5, 0.6) is 0 Å². The highest BCUT2D eigenvalue weighted by Gasteiger charge is 2.02. The highest BCUT2D eigenvalue weighted by molar-refractivity contribution is 5.83. The summed E-state index contributed by atoms with van der Waals surface area (Å²) in [7, 11) is 0. The minimum Gasteiger partial charge on any atom is -0.370 e. The van der Waals surface area contributed by atoms with Gasteiger partial charge in [0.25, 0.3) is 0 Å².